The molecule has 1 heterocycles. The second-order valence-corrected chi connectivity index (χ2v) is 5.36. The minimum atomic E-state index is -0.447. The van der Waals surface area contributed by atoms with E-state index in [1.54, 1.807) is 6.07 Å². The van der Waals surface area contributed by atoms with Gasteiger partial charge in [-0.1, -0.05) is 0 Å². The molecule has 0 spiro atoms. The van der Waals surface area contributed by atoms with E-state index in [0.29, 0.717) is 30.6 Å². The van der Waals surface area contributed by atoms with Crippen LogP contribution in [0.25, 0.3) is 0 Å². The molecule has 21 heavy (non-hydrogen) atoms. The molecule has 1 fully saturated rings. The Bertz CT molecular complexity index is 542. The highest BCUT2D eigenvalue weighted by Crippen LogP contribution is 2.42. The number of fused-ring (bicyclic) bond motifs is 1. The Morgan fingerprint density at radius 1 is 1.33 bits per heavy atom. The second kappa shape index (κ2) is 5.77. The van der Waals surface area contributed by atoms with Crippen molar-refractivity contribution in [3.8, 4) is 17.2 Å². The van der Waals surface area contributed by atoms with Gasteiger partial charge in [-0.25, -0.2) is 0 Å². The van der Waals surface area contributed by atoms with Gasteiger partial charge in [0, 0.05) is 6.07 Å². The van der Waals surface area contributed by atoms with E-state index in [9.17, 15) is 10.1 Å². The molecule has 1 saturated carbocycles. The molecule has 0 atom stereocenters. The monoisotopic (exact) mass is 294 g/mol. The second-order valence-electron chi connectivity index (χ2n) is 5.36. The molecule has 7 heteroatoms. The maximum atomic E-state index is 11.2. The van der Waals surface area contributed by atoms with E-state index in [2.05, 4.69) is 5.32 Å². The lowest BCUT2D eigenvalue weighted by atomic mass is 9.82. The Hall–Kier alpha value is -2.02. The van der Waals surface area contributed by atoms with Crippen LogP contribution in [0.5, 0.6) is 17.2 Å². The van der Waals surface area contributed by atoms with Crippen molar-refractivity contribution >= 4 is 5.69 Å². The number of rotatable bonds is 5. The Labute approximate surface area is 122 Å². The van der Waals surface area contributed by atoms with Crippen molar-refractivity contribution in [1.29, 1.82) is 0 Å². The lowest BCUT2D eigenvalue weighted by Crippen LogP contribution is -2.38. The van der Waals surface area contributed by atoms with Crippen LogP contribution in [0.15, 0.2) is 12.1 Å². The quantitative estimate of drug-likeness (QED) is 0.658. The van der Waals surface area contributed by atoms with Crippen molar-refractivity contribution in [3.63, 3.8) is 0 Å². The van der Waals surface area contributed by atoms with E-state index < -0.39 is 4.92 Å². The minimum absolute atomic E-state index is 0.0320. The number of nitro benzene ring substituents is 1. The normalized spacial score (nSPS) is 23.3. The maximum Gasteiger partial charge on any atom is 0.314 e. The van der Waals surface area contributed by atoms with Gasteiger partial charge < -0.3 is 19.5 Å². The molecule has 3 rings (SSSR count). The molecule has 1 aliphatic heterocycles. The van der Waals surface area contributed by atoms with E-state index in [1.165, 1.54) is 6.07 Å². The van der Waals surface area contributed by atoms with Crippen LogP contribution < -0.4 is 19.5 Å². The van der Waals surface area contributed by atoms with Crippen LogP contribution in [-0.4, -0.2) is 37.8 Å². The van der Waals surface area contributed by atoms with Crippen molar-refractivity contribution in [1.82, 2.24) is 5.32 Å². The largest absolute Gasteiger partial charge is 0.486 e. The van der Waals surface area contributed by atoms with Crippen molar-refractivity contribution in [3.05, 3.63) is 22.2 Å². The first-order chi connectivity index (χ1) is 10.2. The standard InChI is InChI=1S/C14H18N2O5/c1-15-8-9-4-10(5-9)21-12-7-14-13(19-2-3-20-14)6-11(12)16(17)18/h6-7,9-10,15H,2-5,8H2,1H3. The number of hydrogen-bond acceptors (Lipinski definition) is 6. The topological polar surface area (TPSA) is 82.9 Å². The SMILES string of the molecule is CNCC1CC(Oc2cc3c(cc2[N+](=O)[O-])OCCO3)C1. The number of nitrogens with one attached hydrogen (secondary N) is 1. The summed E-state index contributed by atoms with van der Waals surface area (Å²) in [6.45, 7) is 1.79. The average molecular weight is 294 g/mol. The molecule has 2 aliphatic rings. The van der Waals surface area contributed by atoms with E-state index in [4.69, 9.17) is 14.2 Å². The summed E-state index contributed by atoms with van der Waals surface area (Å²) < 4.78 is 16.6. The maximum absolute atomic E-state index is 11.2. The van der Waals surface area contributed by atoms with Crippen LogP contribution >= 0.6 is 0 Å². The van der Waals surface area contributed by atoms with Crippen LogP contribution in [0.3, 0.4) is 0 Å². The van der Waals surface area contributed by atoms with E-state index in [-0.39, 0.29) is 17.5 Å². The lowest BCUT2D eigenvalue weighted by molar-refractivity contribution is -0.386. The van der Waals surface area contributed by atoms with Crippen LogP contribution in [0.2, 0.25) is 0 Å². The first kappa shape index (κ1) is 13.9. The van der Waals surface area contributed by atoms with E-state index in [1.807, 2.05) is 7.05 Å². The van der Waals surface area contributed by atoms with Gasteiger partial charge in [-0.05, 0) is 32.4 Å². The molecule has 0 radical (unpaired) electrons. The Morgan fingerprint density at radius 2 is 2.00 bits per heavy atom. The fourth-order valence-corrected chi connectivity index (χ4v) is 2.70. The van der Waals surface area contributed by atoms with Crippen LogP contribution in [0.4, 0.5) is 5.69 Å². The fraction of sp³-hybridized carbons (Fsp3) is 0.571. The highest BCUT2D eigenvalue weighted by atomic mass is 16.6. The summed E-state index contributed by atoms with van der Waals surface area (Å²) in [7, 11) is 1.92. The summed E-state index contributed by atoms with van der Waals surface area (Å²) in [5, 5.41) is 14.3. The number of ether oxygens (including phenoxy) is 3. The summed E-state index contributed by atoms with van der Waals surface area (Å²) in [6, 6.07) is 2.95. The zero-order valence-electron chi connectivity index (χ0n) is 11.8. The van der Waals surface area contributed by atoms with Crippen molar-refractivity contribution in [2.45, 2.75) is 18.9 Å². The Kier molecular flexibility index (Phi) is 3.83. The minimum Gasteiger partial charge on any atom is -0.486 e. The van der Waals surface area contributed by atoms with Gasteiger partial charge in [0.15, 0.2) is 11.5 Å². The summed E-state index contributed by atoms with van der Waals surface area (Å²) in [4.78, 5) is 10.7. The molecule has 0 amide bonds. The van der Waals surface area contributed by atoms with Gasteiger partial charge in [0.1, 0.15) is 13.2 Å². The number of benzene rings is 1. The predicted octanol–water partition coefficient (Wildman–Crippen LogP) is 1.74. The van der Waals surface area contributed by atoms with Gasteiger partial charge in [-0.15, -0.1) is 0 Å². The molecule has 0 bridgehead atoms. The summed E-state index contributed by atoms with van der Waals surface area (Å²) in [6.07, 6.45) is 1.85. The van der Waals surface area contributed by atoms with Crippen LogP contribution in [0, 0.1) is 16.0 Å². The molecule has 0 unspecified atom stereocenters. The van der Waals surface area contributed by atoms with Crippen LogP contribution in [-0.2, 0) is 0 Å². The lowest BCUT2D eigenvalue weighted by Gasteiger charge is -2.35. The molecule has 7 nitrogen and oxygen atoms in total. The molecule has 1 aliphatic carbocycles. The summed E-state index contributed by atoms with van der Waals surface area (Å²) >= 11 is 0. The van der Waals surface area contributed by atoms with Gasteiger partial charge in [-0.3, -0.25) is 10.1 Å². The third-order valence-electron chi connectivity index (χ3n) is 3.80. The molecule has 1 aromatic rings. The van der Waals surface area contributed by atoms with Crippen molar-refractivity contribution in [2.24, 2.45) is 5.92 Å². The van der Waals surface area contributed by atoms with Crippen molar-refractivity contribution in [2.75, 3.05) is 26.8 Å². The molecular formula is C14H18N2O5. The Morgan fingerprint density at radius 3 is 2.62 bits per heavy atom. The van der Waals surface area contributed by atoms with Gasteiger partial charge in [-0.2, -0.15) is 0 Å². The van der Waals surface area contributed by atoms with E-state index in [0.717, 1.165) is 19.4 Å². The molecule has 0 aromatic heterocycles. The smallest absolute Gasteiger partial charge is 0.314 e. The highest BCUT2D eigenvalue weighted by molar-refractivity contribution is 5.58. The third kappa shape index (κ3) is 2.87. The Balaban J connectivity index is 1.76. The number of nitrogens with zero attached hydrogens (tertiary/aromatic N) is 1. The van der Waals surface area contributed by atoms with Gasteiger partial charge >= 0.3 is 5.69 Å². The first-order valence-electron chi connectivity index (χ1n) is 7.06. The molecule has 1 aromatic carbocycles. The zero-order valence-corrected chi connectivity index (χ0v) is 11.8. The molecule has 1 N–H and O–H groups in total. The third-order valence-corrected chi connectivity index (χ3v) is 3.80. The summed E-state index contributed by atoms with van der Waals surface area (Å²) in [5.74, 6) is 1.75. The number of nitro groups is 1. The average Bonchev–Trinajstić information content (AvgIpc) is 2.44. The molecular weight excluding hydrogens is 276 g/mol. The molecule has 114 valence electrons. The van der Waals surface area contributed by atoms with Gasteiger partial charge in [0.25, 0.3) is 0 Å². The van der Waals surface area contributed by atoms with E-state index >= 15 is 0 Å². The van der Waals surface area contributed by atoms with Gasteiger partial charge in [0.05, 0.1) is 17.1 Å². The number of hydrogen-bond donors (Lipinski definition) is 1. The zero-order chi connectivity index (χ0) is 14.8. The predicted molar refractivity (Wildman–Crippen MR) is 75.2 cm³/mol. The molecule has 0 saturated heterocycles. The van der Waals surface area contributed by atoms with Crippen LogP contribution in [0.1, 0.15) is 12.8 Å². The first-order valence-corrected chi connectivity index (χ1v) is 7.06. The highest BCUT2D eigenvalue weighted by Gasteiger charge is 2.33. The fourth-order valence-electron chi connectivity index (χ4n) is 2.70. The van der Waals surface area contributed by atoms with Crippen molar-refractivity contribution < 1.29 is 19.1 Å². The summed E-state index contributed by atoms with van der Waals surface area (Å²) in [5.41, 5.74) is -0.0729. The van der Waals surface area contributed by atoms with Gasteiger partial charge in [0.2, 0.25) is 5.75 Å².